The molecule has 0 unspecified atom stereocenters. The molecule has 0 saturated heterocycles. The van der Waals surface area contributed by atoms with Crippen LogP contribution in [0.3, 0.4) is 0 Å². The molecule has 3 heterocycles. The number of aromatic nitrogens is 5. The lowest BCUT2D eigenvalue weighted by molar-refractivity contribution is -0.119. The van der Waals surface area contributed by atoms with Crippen LogP contribution >= 0.6 is 0 Å². The normalized spacial score (nSPS) is 11.0. The van der Waals surface area contributed by atoms with Crippen molar-refractivity contribution in [3.63, 3.8) is 0 Å². The Morgan fingerprint density at radius 3 is 2.90 bits per heavy atom. The molecule has 0 spiro atoms. The zero-order chi connectivity index (χ0) is 21.1. The van der Waals surface area contributed by atoms with Crippen LogP contribution in [0.15, 0.2) is 41.2 Å². The predicted octanol–water partition coefficient (Wildman–Crippen LogP) is 2.46. The summed E-state index contributed by atoms with van der Waals surface area (Å²) in [6.45, 7) is 2.56. The molecule has 4 aromatic rings. The number of rotatable bonds is 7. The summed E-state index contributed by atoms with van der Waals surface area (Å²) in [6, 6.07) is 8.76. The summed E-state index contributed by atoms with van der Waals surface area (Å²) in [5.74, 6) is 1.33. The van der Waals surface area contributed by atoms with Crippen LogP contribution in [0.4, 0.5) is 11.5 Å². The average Bonchev–Trinajstić information content (AvgIpc) is 3.30. The van der Waals surface area contributed by atoms with E-state index in [2.05, 4.69) is 25.6 Å². The van der Waals surface area contributed by atoms with Crippen LogP contribution < -0.4 is 15.8 Å². The van der Waals surface area contributed by atoms with Gasteiger partial charge in [-0.1, -0.05) is 6.07 Å². The number of carbonyl (C=O) groups is 1. The second-order valence-corrected chi connectivity index (χ2v) is 6.30. The van der Waals surface area contributed by atoms with E-state index in [1.807, 2.05) is 11.5 Å². The molecule has 30 heavy (non-hydrogen) atoms. The van der Waals surface area contributed by atoms with Crippen LogP contribution in [0.5, 0.6) is 11.6 Å². The summed E-state index contributed by atoms with van der Waals surface area (Å²) >= 11 is 0. The highest BCUT2D eigenvalue weighted by molar-refractivity contribution is 5.91. The Kier molecular flexibility index (Phi) is 5.26. The third kappa shape index (κ3) is 3.78. The number of amides is 1. The van der Waals surface area contributed by atoms with Crippen LogP contribution in [-0.4, -0.2) is 44.5 Å². The Bertz CT molecular complexity index is 1200. The Labute approximate surface area is 170 Å². The van der Waals surface area contributed by atoms with Crippen molar-refractivity contribution in [2.45, 2.75) is 13.5 Å². The van der Waals surface area contributed by atoms with Gasteiger partial charge >= 0.3 is 0 Å². The zero-order valence-electron chi connectivity index (χ0n) is 16.3. The number of hydrogen-bond acceptors (Lipinski definition) is 9. The number of carbonyl (C=O) groups excluding carboxylic acids is 1. The van der Waals surface area contributed by atoms with Crippen LogP contribution in [0.25, 0.3) is 22.6 Å². The van der Waals surface area contributed by atoms with Gasteiger partial charge in [0.1, 0.15) is 17.9 Å². The molecule has 11 nitrogen and oxygen atoms in total. The van der Waals surface area contributed by atoms with Crippen molar-refractivity contribution in [1.82, 2.24) is 24.8 Å². The quantitative estimate of drug-likeness (QED) is 0.470. The van der Waals surface area contributed by atoms with E-state index in [9.17, 15) is 4.79 Å². The van der Waals surface area contributed by atoms with Crippen LogP contribution in [0, 0.1) is 0 Å². The van der Waals surface area contributed by atoms with Crippen molar-refractivity contribution in [2.75, 3.05) is 24.8 Å². The molecule has 3 N–H and O–H groups in total. The van der Waals surface area contributed by atoms with Crippen LogP contribution in [-0.2, 0) is 16.1 Å². The molecule has 0 fully saturated rings. The molecule has 0 aliphatic heterocycles. The van der Waals surface area contributed by atoms with Gasteiger partial charge in [-0.05, 0) is 29.4 Å². The van der Waals surface area contributed by atoms with E-state index in [1.165, 1.54) is 7.11 Å². The minimum Gasteiger partial charge on any atom is -0.439 e. The van der Waals surface area contributed by atoms with Gasteiger partial charge in [0.2, 0.25) is 11.8 Å². The number of nitrogens with two attached hydrogens (primary N) is 1. The highest BCUT2D eigenvalue weighted by Crippen LogP contribution is 2.29. The van der Waals surface area contributed by atoms with E-state index in [-0.39, 0.29) is 18.3 Å². The number of aryl methyl sites for hydroxylation is 1. The summed E-state index contributed by atoms with van der Waals surface area (Å²) in [7, 11) is 1.46. The fraction of sp³-hybridized carbons (Fsp3) is 0.211. The molecule has 0 aliphatic carbocycles. The van der Waals surface area contributed by atoms with Crippen molar-refractivity contribution >= 4 is 28.4 Å². The average molecular weight is 409 g/mol. The first-order chi connectivity index (χ1) is 14.6. The van der Waals surface area contributed by atoms with Gasteiger partial charge in [-0.15, -0.1) is 0 Å². The highest BCUT2D eigenvalue weighted by Gasteiger charge is 2.19. The van der Waals surface area contributed by atoms with E-state index in [1.54, 1.807) is 36.5 Å². The van der Waals surface area contributed by atoms with Gasteiger partial charge in [-0.2, -0.15) is 0 Å². The highest BCUT2D eigenvalue weighted by atomic mass is 16.6. The molecule has 0 radical (unpaired) electrons. The molecule has 0 bridgehead atoms. The third-order valence-corrected chi connectivity index (χ3v) is 4.27. The number of nitrogens with zero attached hydrogens (tertiary/aromatic N) is 5. The van der Waals surface area contributed by atoms with Crippen molar-refractivity contribution < 1.29 is 18.9 Å². The van der Waals surface area contributed by atoms with E-state index in [4.69, 9.17) is 19.8 Å². The van der Waals surface area contributed by atoms with Gasteiger partial charge in [0.15, 0.2) is 17.3 Å². The van der Waals surface area contributed by atoms with E-state index in [0.717, 1.165) is 5.52 Å². The van der Waals surface area contributed by atoms with Crippen LogP contribution in [0.1, 0.15) is 6.92 Å². The smallest absolute Gasteiger partial charge is 0.250 e. The molecule has 1 aromatic carbocycles. The van der Waals surface area contributed by atoms with Gasteiger partial charge in [0.25, 0.3) is 0 Å². The largest absolute Gasteiger partial charge is 0.439 e. The number of nitrogens with one attached hydrogen (secondary N) is 1. The van der Waals surface area contributed by atoms with Crippen molar-refractivity contribution in [2.24, 2.45) is 0 Å². The molecule has 11 heteroatoms. The monoisotopic (exact) mass is 409 g/mol. The first-order valence-electron chi connectivity index (χ1n) is 9.10. The standard InChI is InChI=1S/C19H19N7O4/c1-3-26-14-8-16(21-9-13(14)23-19(26)17-18(20)25-30-24-17)29-12-6-4-5-11(7-12)22-15(27)10-28-2/h4-9H,3,10H2,1-2H3,(H2,20,25)(H,22,27). The number of methoxy groups -OCH3 is 1. The van der Waals surface area contributed by atoms with Crippen molar-refractivity contribution in [3.8, 4) is 23.1 Å². The Hall–Kier alpha value is -3.99. The maximum Gasteiger partial charge on any atom is 0.250 e. The Balaban J connectivity index is 1.63. The van der Waals surface area contributed by atoms with Gasteiger partial charge in [0, 0.05) is 31.5 Å². The lowest BCUT2D eigenvalue weighted by atomic mass is 10.3. The lowest BCUT2D eigenvalue weighted by Crippen LogP contribution is -2.16. The fourth-order valence-corrected chi connectivity index (χ4v) is 3.00. The number of anilines is 2. The molecule has 4 rings (SSSR count). The topological polar surface area (TPSA) is 143 Å². The number of fused-ring (bicyclic) bond motifs is 1. The van der Waals surface area contributed by atoms with E-state index >= 15 is 0 Å². The molecular weight excluding hydrogens is 390 g/mol. The van der Waals surface area contributed by atoms with Crippen LogP contribution in [0.2, 0.25) is 0 Å². The molecule has 154 valence electrons. The minimum atomic E-state index is -0.254. The van der Waals surface area contributed by atoms with Crippen molar-refractivity contribution in [3.05, 3.63) is 36.5 Å². The molecular formula is C19H19N7O4. The molecule has 0 atom stereocenters. The number of hydrogen-bond donors (Lipinski definition) is 2. The third-order valence-electron chi connectivity index (χ3n) is 4.27. The van der Waals surface area contributed by atoms with Gasteiger partial charge < -0.3 is 25.1 Å². The Morgan fingerprint density at radius 2 is 2.17 bits per heavy atom. The second-order valence-electron chi connectivity index (χ2n) is 6.30. The van der Waals surface area contributed by atoms with E-state index in [0.29, 0.717) is 40.9 Å². The van der Waals surface area contributed by atoms with E-state index < -0.39 is 0 Å². The van der Waals surface area contributed by atoms with Gasteiger partial charge in [-0.25, -0.2) is 14.6 Å². The summed E-state index contributed by atoms with van der Waals surface area (Å²) in [6.07, 6.45) is 1.61. The zero-order valence-corrected chi connectivity index (χ0v) is 16.3. The number of imidazole rings is 1. The molecule has 0 aliphatic rings. The van der Waals surface area contributed by atoms with Gasteiger partial charge in [-0.3, -0.25) is 4.79 Å². The summed E-state index contributed by atoms with van der Waals surface area (Å²) in [5.41, 5.74) is 8.23. The molecule has 1 amide bonds. The summed E-state index contributed by atoms with van der Waals surface area (Å²) in [4.78, 5) is 20.6. The maximum atomic E-state index is 11.7. The predicted molar refractivity (Wildman–Crippen MR) is 108 cm³/mol. The lowest BCUT2D eigenvalue weighted by Gasteiger charge is -2.09. The molecule has 0 saturated carbocycles. The first kappa shape index (κ1) is 19.3. The fourth-order valence-electron chi connectivity index (χ4n) is 3.00. The SMILES string of the molecule is CCn1c(-c2nonc2N)nc2cnc(Oc3cccc(NC(=O)COC)c3)cc21. The summed E-state index contributed by atoms with van der Waals surface area (Å²) in [5, 5.41) is 10.2. The van der Waals surface area contributed by atoms with Crippen molar-refractivity contribution in [1.29, 1.82) is 0 Å². The number of pyridine rings is 1. The second kappa shape index (κ2) is 8.17. The minimum absolute atomic E-state index is 0.0296. The Morgan fingerprint density at radius 1 is 1.30 bits per heavy atom. The maximum absolute atomic E-state index is 11.7. The first-order valence-corrected chi connectivity index (χ1v) is 9.10. The number of benzene rings is 1. The number of nitrogen functional groups attached to an aromatic ring is 1. The summed E-state index contributed by atoms with van der Waals surface area (Å²) < 4.78 is 17.3. The number of ether oxygens (including phenoxy) is 2. The molecule has 3 aromatic heterocycles. The van der Waals surface area contributed by atoms with Gasteiger partial charge in [0.05, 0.1) is 11.7 Å².